The Bertz CT molecular complexity index is 811. The van der Waals surface area contributed by atoms with Crippen molar-refractivity contribution in [3.8, 4) is 11.6 Å². The van der Waals surface area contributed by atoms with Gasteiger partial charge in [0.05, 0.1) is 6.20 Å². The molecule has 26 heavy (non-hydrogen) atoms. The summed E-state index contributed by atoms with van der Waals surface area (Å²) in [5, 5.41) is 0. The average molecular weight is 375 g/mol. The molecule has 1 aromatic carbocycles. The molecule has 1 atom stereocenters. The van der Waals surface area contributed by atoms with Crippen LogP contribution in [0, 0.1) is 0 Å². The molecule has 1 aromatic heterocycles. The number of aromatic nitrogens is 1. The molecule has 1 aliphatic heterocycles. The molecular formula is C20H26N2O3S. The summed E-state index contributed by atoms with van der Waals surface area (Å²) in [6, 6.07) is 11.1. The van der Waals surface area contributed by atoms with E-state index in [2.05, 4.69) is 31.0 Å². The van der Waals surface area contributed by atoms with Crippen LogP contribution in [0.3, 0.4) is 0 Å². The third kappa shape index (κ3) is 4.24. The Morgan fingerprint density at radius 2 is 1.77 bits per heavy atom. The van der Waals surface area contributed by atoms with E-state index in [-0.39, 0.29) is 4.90 Å². The molecular weight excluding hydrogens is 348 g/mol. The van der Waals surface area contributed by atoms with Gasteiger partial charge in [-0.15, -0.1) is 0 Å². The van der Waals surface area contributed by atoms with Crippen molar-refractivity contribution >= 4 is 10.0 Å². The summed E-state index contributed by atoms with van der Waals surface area (Å²) in [5.74, 6) is 1.59. The molecule has 2 aromatic rings. The zero-order chi connectivity index (χ0) is 18.6. The summed E-state index contributed by atoms with van der Waals surface area (Å²) in [5.41, 5.74) is 1.27. The topological polar surface area (TPSA) is 59.5 Å². The molecule has 140 valence electrons. The monoisotopic (exact) mass is 374 g/mol. The van der Waals surface area contributed by atoms with Gasteiger partial charge in [-0.2, -0.15) is 4.31 Å². The van der Waals surface area contributed by atoms with Crippen LogP contribution in [0.5, 0.6) is 11.6 Å². The van der Waals surface area contributed by atoms with Crippen LogP contribution in [-0.4, -0.2) is 30.8 Å². The van der Waals surface area contributed by atoms with Crippen LogP contribution in [0.25, 0.3) is 0 Å². The van der Waals surface area contributed by atoms with Crippen molar-refractivity contribution in [2.75, 3.05) is 13.1 Å². The van der Waals surface area contributed by atoms with Crippen molar-refractivity contribution in [1.29, 1.82) is 0 Å². The maximum Gasteiger partial charge on any atom is 0.244 e. The van der Waals surface area contributed by atoms with E-state index < -0.39 is 10.0 Å². The number of rotatable bonds is 6. The molecule has 3 rings (SSSR count). The van der Waals surface area contributed by atoms with Gasteiger partial charge in [0.15, 0.2) is 0 Å². The van der Waals surface area contributed by atoms with Gasteiger partial charge in [-0.25, -0.2) is 13.4 Å². The van der Waals surface area contributed by atoms with Gasteiger partial charge >= 0.3 is 0 Å². The zero-order valence-electron chi connectivity index (χ0n) is 15.4. The Morgan fingerprint density at radius 3 is 2.35 bits per heavy atom. The van der Waals surface area contributed by atoms with Crippen molar-refractivity contribution in [3.05, 3.63) is 48.2 Å². The predicted molar refractivity (Wildman–Crippen MR) is 102 cm³/mol. The second kappa shape index (κ2) is 8.18. The predicted octanol–water partition coefficient (Wildman–Crippen LogP) is 4.56. The van der Waals surface area contributed by atoms with Gasteiger partial charge in [-0.3, -0.25) is 0 Å². The third-order valence-electron chi connectivity index (χ3n) is 4.95. The standard InChI is InChI=1S/C20H26N2O3S/c1-3-16(2)17-7-9-18(10-8-17)25-20-12-11-19(15-21-20)26(23,24)22-13-5-4-6-14-22/h7-12,15-16H,3-6,13-14H2,1-2H3/t16-/m0/s1. The Morgan fingerprint density at radius 1 is 1.08 bits per heavy atom. The van der Waals surface area contributed by atoms with Crippen molar-refractivity contribution in [2.24, 2.45) is 0 Å². The summed E-state index contributed by atoms with van der Waals surface area (Å²) < 4.78 is 32.5. The molecule has 0 amide bonds. The Balaban J connectivity index is 1.69. The Kier molecular flexibility index (Phi) is 5.94. The highest BCUT2D eigenvalue weighted by Crippen LogP contribution is 2.26. The number of hydrogen-bond donors (Lipinski definition) is 0. The highest BCUT2D eigenvalue weighted by atomic mass is 32.2. The van der Waals surface area contributed by atoms with Crippen molar-refractivity contribution in [3.63, 3.8) is 0 Å². The average Bonchev–Trinajstić information content (AvgIpc) is 2.69. The third-order valence-corrected chi connectivity index (χ3v) is 6.83. The molecule has 1 fully saturated rings. The van der Waals surface area contributed by atoms with E-state index in [4.69, 9.17) is 4.74 Å². The molecule has 0 radical (unpaired) electrons. The summed E-state index contributed by atoms with van der Waals surface area (Å²) >= 11 is 0. The first-order valence-corrected chi connectivity index (χ1v) is 10.7. The number of pyridine rings is 1. The maximum absolute atomic E-state index is 12.6. The summed E-state index contributed by atoms with van der Waals surface area (Å²) in [6.45, 7) is 5.53. The maximum atomic E-state index is 12.6. The summed E-state index contributed by atoms with van der Waals surface area (Å²) in [6.07, 6.45) is 5.40. The van der Waals surface area contributed by atoms with Gasteiger partial charge in [-0.05, 0) is 48.9 Å². The highest BCUT2D eigenvalue weighted by Gasteiger charge is 2.26. The molecule has 1 saturated heterocycles. The summed E-state index contributed by atoms with van der Waals surface area (Å²) in [7, 11) is -3.45. The second-order valence-corrected chi connectivity index (χ2v) is 8.72. The van der Waals surface area contributed by atoms with E-state index in [0.717, 1.165) is 25.7 Å². The minimum atomic E-state index is -3.45. The molecule has 0 spiro atoms. The highest BCUT2D eigenvalue weighted by molar-refractivity contribution is 7.89. The number of sulfonamides is 1. The molecule has 0 saturated carbocycles. The van der Waals surface area contributed by atoms with Crippen LogP contribution in [0.15, 0.2) is 47.5 Å². The van der Waals surface area contributed by atoms with Crippen LogP contribution < -0.4 is 4.74 Å². The van der Waals surface area contributed by atoms with Crippen molar-refractivity contribution < 1.29 is 13.2 Å². The largest absolute Gasteiger partial charge is 0.439 e. The van der Waals surface area contributed by atoms with Gasteiger partial charge in [0, 0.05) is 19.2 Å². The van der Waals surface area contributed by atoms with E-state index in [1.165, 1.54) is 11.8 Å². The lowest BCUT2D eigenvalue weighted by molar-refractivity contribution is 0.346. The lowest BCUT2D eigenvalue weighted by Crippen LogP contribution is -2.35. The fourth-order valence-electron chi connectivity index (χ4n) is 3.05. The van der Waals surface area contributed by atoms with Gasteiger partial charge in [-0.1, -0.05) is 32.4 Å². The second-order valence-electron chi connectivity index (χ2n) is 6.78. The molecule has 0 unspecified atom stereocenters. The van der Waals surface area contributed by atoms with Gasteiger partial charge in [0.1, 0.15) is 10.6 Å². The minimum absolute atomic E-state index is 0.221. The fraction of sp³-hybridized carbons (Fsp3) is 0.450. The Labute approximate surface area is 156 Å². The summed E-state index contributed by atoms with van der Waals surface area (Å²) in [4.78, 5) is 4.40. The normalized spacial score (nSPS) is 17.0. The molecule has 6 heteroatoms. The lowest BCUT2D eigenvalue weighted by atomic mass is 9.99. The molecule has 1 aliphatic rings. The molecule has 0 aliphatic carbocycles. The van der Waals surface area contributed by atoms with E-state index in [1.54, 1.807) is 16.4 Å². The zero-order valence-corrected chi connectivity index (χ0v) is 16.2. The number of piperidine rings is 1. The first-order valence-electron chi connectivity index (χ1n) is 9.24. The SMILES string of the molecule is CC[C@H](C)c1ccc(Oc2ccc(S(=O)(=O)N3CCCCC3)cn2)cc1. The quantitative estimate of drug-likeness (QED) is 0.743. The molecule has 5 nitrogen and oxygen atoms in total. The van der Waals surface area contributed by atoms with Crippen LogP contribution >= 0.6 is 0 Å². The van der Waals surface area contributed by atoms with Crippen LogP contribution in [0.2, 0.25) is 0 Å². The molecule has 0 N–H and O–H groups in total. The van der Waals surface area contributed by atoms with Crippen LogP contribution in [-0.2, 0) is 10.0 Å². The molecule has 2 heterocycles. The number of hydrogen-bond acceptors (Lipinski definition) is 4. The van der Waals surface area contributed by atoms with Crippen molar-refractivity contribution in [1.82, 2.24) is 9.29 Å². The number of nitrogens with zero attached hydrogens (tertiary/aromatic N) is 2. The van der Waals surface area contributed by atoms with Crippen molar-refractivity contribution in [2.45, 2.75) is 50.3 Å². The first-order chi connectivity index (χ1) is 12.5. The van der Waals surface area contributed by atoms with Crippen LogP contribution in [0.1, 0.15) is 51.0 Å². The van der Waals surface area contributed by atoms with E-state index in [1.807, 2.05) is 12.1 Å². The fourth-order valence-corrected chi connectivity index (χ4v) is 4.52. The number of ether oxygens (including phenoxy) is 1. The van der Waals surface area contributed by atoms with Gasteiger partial charge < -0.3 is 4.74 Å². The van der Waals surface area contributed by atoms with E-state index >= 15 is 0 Å². The van der Waals surface area contributed by atoms with E-state index in [9.17, 15) is 8.42 Å². The van der Waals surface area contributed by atoms with E-state index in [0.29, 0.717) is 30.6 Å². The first kappa shape index (κ1) is 18.9. The van der Waals surface area contributed by atoms with Gasteiger partial charge in [0.2, 0.25) is 15.9 Å². The Hall–Kier alpha value is -1.92. The smallest absolute Gasteiger partial charge is 0.244 e. The lowest BCUT2D eigenvalue weighted by Gasteiger charge is -2.25. The van der Waals surface area contributed by atoms with Gasteiger partial charge in [0.25, 0.3) is 0 Å². The minimum Gasteiger partial charge on any atom is -0.439 e. The molecule has 0 bridgehead atoms. The van der Waals surface area contributed by atoms with Crippen LogP contribution in [0.4, 0.5) is 0 Å². The number of benzene rings is 1.